The molecule has 1 spiro atoms. The highest BCUT2D eigenvalue weighted by molar-refractivity contribution is 5.87. The fourth-order valence-corrected chi connectivity index (χ4v) is 6.77. The average Bonchev–Trinajstić information content (AvgIpc) is 3.01. The number of hydrogen-bond acceptors (Lipinski definition) is 7. The van der Waals surface area contributed by atoms with E-state index in [1.807, 2.05) is 37.3 Å². The van der Waals surface area contributed by atoms with E-state index in [0.717, 1.165) is 12.0 Å². The van der Waals surface area contributed by atoms with Crippen LogP contribution in [0.25, 0.3) is 6.08 Å². The molecule has 4 rings (SSSR count). The molecular weight excluding hydrogens is 448 g/mol. The Labute approximate surface area is 207 Å². The van der Waals surface area contributed by atoms with E-state index in [1.165, 1.54) is 19.9 Å². The van der Waals surface area contributed by atoms with Crippen LogP contribution in [0, 0.1) is 17.3 Å². The summed E-state index contributed by atoms with van der Waals surface area (Å²) in [6.07, 6.45) is 2.78. The van der Waals surface area contributed by atoms with Crippen LogP contribution in [0.2, 0.25) is 0 Å². The average molecular weight is 485 g/mol. The molecule has 0 radical (unpaired) electrons. The summed E-state index contributed by atoms with van der Waals surface area (Å²) in [6, 6.07) is 9.44. The maximum atomic E-state index is 13.1. The van der Waals surface area contributed by atoms with Gasteiger partial charge in [0.05, 0.1) is 16.6 Å². The van der Waals surface area contributed by atoms with E-state index >= 15 is 0 Å². The monoisotopic (exact) mass is 484 g/mol. The number of carbonyl (C=O) groups is 3. The molecule has 2 aliphatic carbocycles. The van der Waals surface area contributed by atoms with Crippen LogP contribution in [0.4, 0.5) is 0 Å². The smallest absolute Gasteiger partial charge is 0.331 e. The molecule has 0 unspecified atom stereocenters. The molecule has 0 N–H and O–H groups in total. The third-order valence-corrected chi connectivity index (χ3v) is 8.45. The Bertz CT molecular complexity index is 1020. The van der Waals surface area contributed by atoms with E-state index in [-0.39, 0.29) is 11.8 Å². The number of ether oxygens (including phenoxy) is 4. The second kappa shape index (κ2) is 9.08. The lowest BCUT2D eigenvalue weighted by molar-refractivity contribution is -0.284. The second-order valence-electron chi connectivity index (χ2n) is 11.0. The summed E-state index contributed by atoms with van der Waals surface area (Å²) < 4.78 is 24.6. The maximum Gasteiger partial charge on any atom is 0.331 e. The molecule has 1 aliphatic heterocycles. The highest BCUT2D eigenvalue weighted by Gasteiger charge is 2.75. The van der Waals surface area contributed by atoms with Crippen LogP contribution in [-0.4, -0.2) is 47.4 Å². The van der Waals surface area contributed by atoms with Gasteiger partial charge in [-0.1, -0.05) is 37.3 Å². The summed E-state index contributed by atoms with van der Waals surface area (Å²) in [4.78, 5) is 37.3. The molecule has 1 heterocycles. The molecule has 190 valence electrons. The predicted molar refractivity (Wildman–Crippen MR) is 129 cm³/mol. The van der Waals surface area contributed by atoms with Crippen LogP contribution in [-0.2, 0) is 33.3 Å². The summed E-state index contributed by atoms with van der Waals surface area (Å²) in [5.74, 6) is -1.24. The van der Waals surface area contributed by atoms with Gasteiger partial charge in [-0.2, -0.15) is 0 Å². The van der Waals surface area contributed by atoms with Gasteiger partial charge in [0.25, 0.3) is 0 Å². The van der Waals surface area contributed by atoms with Crippen molar-refractivity contribution in [2.45, 2.75) is 90.3 Å². The normalized spacial score (nSPS) is 37.4. The molecule has 7 atom stereocenters. The van der Waals surface area contributed by atoms with Crippen molar-refractivity contribution in [3.63, 3.8) is 0 Å². The zero-order valence-corrected chi connectivity index (χ0v) is 21.4. The Kier molecular flexibility index (Phi) is 6.60. The standard InChI is InChI=1S/C28H36O7/c1-17-14-22(32-18(2)29)25(34-24(31)13-12-20-10-8-7-9-11-20)27(6)23(33-19(3)30)15-21-16-28(17,27)35-26(21,4)5/h7-13,17,21-23,25H,14-16H2,1-6H3/b13-12+/t17-,21-,22-,23-,25+,27-,28+/m1/s1. The van der Waals surface area contributed by atoms with Gasteiger partial charge in [-0.05, 0) is 63.5 Å². The van der Waals surface area contributed by atoms with Crippen LogP contribution >= 0.6 is 0 Å². The van der Waals surface area contributed by atoms with E-state index in [9.17, 15) is 14.4 Å². The number of carbonyl (C=O) groups excluding carboxylic acids is 3. The summed E-state index contributed by atoms with van der Waals surface area (Å²) in [7, 11) is 0. The van der Waals surface area contributed by atoms with Crippen molar-refractivity contribution < 1.29 is 33.3 Å². The van der Waals surface area contributed by atoms with Crippen molar-refractivity contribution in [3.8, 4) is 0 Å². The van der Waals surface area contributed by atoms with Crippen LogP contribution < -0.4 is 0 Å². The predicted octanol–water partition coefficient (Wildman–Crippen LogP) is 4.48. The molecule has 2 saturated carbocycles. The molecule has 7 heteroatoms. The van der Waals surface area contributed by atoms with Gasteiger partial charge in [-0.15, -0.1) is 0 Å². The van der Waals surface area contributed by atoms with Crippen molar-refractivity contribution in [2.75, 3.05) is 0 Å². The first-order valence-electron chi connectivity index (χ1n) is 12.4. The molecule has 1 aromatic carbocycles. The Balaban J connectivity index is 1.75. The molecule has 3 fully saturated rings. The molecule has 7 nitrogen and oxygen atoms in total. The van der Waals surface area contributed by atoms with Gasteiger partial charge in [0, 0.05) is 19.9 Å². The highest BCUT2D eigenvalue weighted by Crippen LogP contribution is 2.67. The minimum absolute atomic E-state index is 0.0192. The van der Waals surface area contributed by atoms with Crippen LogP contribution in [0.1, 0.15) is 66.4 Å². The molecule has 3 aliphatic rings. The fourth-order valence-electron chi connectivity index (χ4n) is 6.77. The van der Waals surface area contributed by atoms with Gasteiger partial charge < -0.3 is 18.9 Å². The fraction of sp³-hybridized carbons (Fsp3) is 0.607. The Morgan fingerprint density at radius 1 is 0.971 bits per heavy atom. The van der Waals surface area contributed by atoms with Gasteiger partial charge in [-0.25, -0.2) is 4.79 Å². The Morgan fingerprint density at radius 2 is 1.63 bits per heavy atom. The summed E-state index contributed by atoms with van der Waals surface area (Å²) >= 11 is 0. The third-order valence-electron chi connectivity index (χ3n) is 8.45. The zero-order chi connectivity index (χ0) is 25.6. The first-order valence-corrected chi connectivity index (χ1v) is 12.4. The van der Waals surface area contributed by atoms with Crippen molar-refractivity contribution in [1.82, 2.24) is 0 Å². The van der Waals surface area contributed by atoms with Crippen LogP contribution in [0.15, 0.2) is 36.4 Å². The summed E-state index contributed by atoms with van der Waals surface area (Å²) in [6.45, 7) is 10.9. The van der Waals surface area contributed by atoms with E-state index in [0.29, 0.717) is 12.8 Å². The lowest BCUT2D eigenvalue weighted by atomic mass is 9.49. The Morgan fingerprint density at radius 3 is 2.26 bits per heavy atom. The topological polar surface area (TPSA) is 88.1 Å². The number of fused-ring (bicyclic) bond motifs is 1. The van der Waals surface area contributed by atoms with Crippen LogP contribution in [0.5, 0.6) is 0 Å². The number of rotatable bonds is 5. The number of esters is 3. The zero-order valence-electron chi connectivity index (χ0n) is 21.4. The first-order chi connectivity index (χ1) is 16.4. The van der Waals surface area contributed by atoms with Crippen molar-refractivity contribution in [1.29, 1.82) is 0 Å². The van der Waals surface area contributed by atoms with Gasteiger partial charge >= 0.3 is 17.9 Å². The number of hydrogen-bond donors (Lipinski definition) is 0. The van der Waals surface area contributed by atoms with Gasteiger partial charge in [0.15, 0.2) is 6.10 Å². The maximum absolute atomic E-state index is 13.1. The third kappa shape index (κ3) is 4.39. The molecule has 1 aromatic rings. The van der Waals surface area contributed by atoms with Gasteiger partial charge in [0.1, 0.15) is 12.2 Å². The molecular formula is C28H36O7. The molecule has 1 saturated heterocycles. The molecule has 35 heavy (non-hydrogen) atoms. The Hall–Kier alpha value is -2.67. The van der Waals surface area contributed by atoms with Crippen molar-refractivity contribution in [3.05, 3.63) is 42.0 Å². The van der Waals surface area contributed by atoms with Gasteiger partial charge in [-0.3, -0.25) is 9.59 Å². The summed E-state index contributed by atoms with van der Waals surface area (Å²) in [5, 5.41) is 0. The second-order valence-corrected chi connectivity index (χ2v) is 11.0. The van der Waals surface area contributed by atoms with Crippen molar-refractivity contribution >= 4 is 24.0 Å². The lowest BCUT2D eigenvalue weighted by Crippen LogP contribution is -2.71. The largest absolute Gasteiger partial charge is 0.462 e. The molecule has 0 amide bonds. The van der Waals surface area contributed by atoms with E-state index in [4.69, 9.17) is 18.9 Å². The quantitative estimate of drug-likeness (QED) is 0.346. The van der Waals surface area contributed by atoms with Gasteiger partial charge in [0.2, 0.25) is 0 Å². The number of benzene rings is 1. The minimum Gasteiger partial charge on any atom is -0.462 e. The molecule has 0 aromatic heterocycles. The highest BCUT2D eigenvalue weighted by atomic mass is 16.6. The molecule has 2 bridgehead atoms. The van der Waals surface area contributed by atoms with Crippen molar-refractivity contribution in [2.24, 2.45) is 17.3 Å². The first kappa shape index (κ1) is 25.4. The minimum atomic E-state index is -0.920. The van der Waals surface area contributed by atoms with E-state index in [2.05, 4.69) is 20.8 Å². The lowest BCUT2D eigenvalue weighted by Gasteiger charge is -2.61. The SMILES string of the molecule is CC(=O)O[C@@H]1C[C@@H](C)[C@@]23C[C@@H](C[C@@H](OC(C)=O)[C@]2(C)[C@H]1OC(=O)/C=C/c1ccccc1)C(C)(C)O3. The van der Waals surface area contributed by atoms with E-state index in [1.54, 1.807) is 6.08 Å². The van der Waals surface area contributed by atoms with E-state index < -0.39 is 52.8 Å². The van der Waals surface area contributed by atoms with Crippen LogP contribution in [0.3, 0.4) is 0 Å². The summed E-state index contributed by atoms with van der Waals surface area (Å²) in [5.41, 5.74) is -1.19.